The Morgan fingerprint density at radius 1 is 1.30 bits per heavy atom. The molecule has 0 amide bonds. The molecule has 2 N–H and O–H groups in total. The largest absolute Gasteiger partial charge is 0.492 e. The molecule has 5 nitrogen and oxygen atoms in total. The zero-order chi connectivity index (χ0) is 16.1. The van der Waals surface area contributed by atoms with Crippen molar-refractivity contribution in [1.82, 2.24) is 9.88 Å². The number of nitrogens with zero attached hydrogens (tertiary/aromatic N) is 2. The molecule has 23 heavy (non-hydrogen) atoms. The number of para-hydroxylation sites is 1. The van der Waals surface area contributed by atoms with Crippen LogP contribution in [0.3, 0.4) is 0 Å². The molecule has 0 radical (unpaired) electrons. The molecule has 122 valence electrons. The number of hydrogen-bond acceptors (Lipinski definition) is 5. The van der Waals surface area contributed by atoms with E-state index >= 15 is 0 Å². The number of nitrogen functional groups attached to an aromatic ring is 1. The molecule has 1 aliphatic heterocycles. The van der Waals surface area contributed by atoms with Crippen LogP contribution >= 0.6 is 0 Å². The number of morpholine rings is 1. The van der Waals surface area contributed by atoms with E-state index in [-0.39, 0.29) is 6.10 Å². The molecule has 2 aromatic rings. The zero-order valence-electron chi connectivity index (χ0n) is 13.4. The first-order chi connectivity index (χ1) is 11.2. The maximum absolute atomic E-state index is 5.92. The third-order valence-corrected chi connectivity index (χ3v) is 3.90. The number of rotatable bonds is 5. The molecule has 1 aromatic heterocycles. The molecule has 1 aromatic carbocycles. The van der Waals surface area contributed by atoms with Crippen LogP contribution in [0.1, 0.15) is 17.5 Å². The van der Waals surface area contributed by atoms with Crippen LogP contribution in [0, 0.1) is 6.92 Å². The Hall–Kier alpha value is -2.11. The van der Waals surface area contributed by atoms with E-state index in [1.807, 2.05) is 49.4 Å². The van der Waals surface area contributed by atoms with Crippen LogP contribution in [0.25, 0.3) is 0 Å². The molecule has 1 fully saturated rings. The summed E-state index contributed by atoms with van der Waals surface area (Å²) in [4.78, 5) is 6.90. The van der Waals surface area contributed by atoms with Crippen molar-refractivity contribution < 1.29 is 9.47 Å². The molecule has 1 saturated heterocycles. The molecule has 0 saturated carbocycles. The number of aromatic nitrogens is 1. The quantitative estimate of drug-likeness (QED) is 0.918. The van der Waals surface area contributed by atoms with Gasteiger partial charge in [-0.3, -0.25) is 9.88 Å². The Bertz CT molecular complexity index is 613. The lowest BCUT2D eigenvalue weighted by Crippen LogP contribution is -2.40. The summed E-state index contributed by atoms with van der Waals surface area (Å²) in [5.41, 5.74) is 8.49. The van der Waals surface area contributed by atoms with Crippen LogP contribution in [0.5, 0.6) is 5.75 Å². The van der Waals surface area contributed by atoms with E-state index in [4.69, 9.17) is 15.2 Å². The zero-order valence-corrected chi connectivity index (χ0v) is 13.4. The monoisotopic (exact) mass is 313 g/mol. The van der Waals surface area contributed by atoms with Gasteiger partial charge in [-0.1, -0.05) is 18.2 Å². The van der Waals surface area contributed by atoms with Crippen LogP contribution in [0.15, 0.2) is 42.5 Å². The van der Waals surface area contributed by atoms with Crippen molar-refractivity contribution in [3.8, 4) is 5.75 Å². The summed E-state index contributed by atoms with van der Waals surface area (Å²) in [6.07, 6.45) is -0.0253. The lowest BCUT2D eigenvalue weighted by atomic mass is 10.1. The van der Waals surface area contributed by atoms with Gasteiger partial charge in [0.05, 0.1) is 12.3 Å². The van der Waals surface area contributed by atoms with Gasteiger partial charge in [0, 0.05) is 31.0 Å². The van der Waals surface area contributed by atoms with Gasteiger partial charge < -0.3 is 15.2 Å². The van der Waals surface area contributed by atoms with Gasteiger partial charge in [-0.15, -0.1) is 0 Å². The van der Waals surface area contributed by atoms with E-state index in [0.29, 0.717) is 13.2 Å². The first-order valence-corrected chi connectivity index (χ1v) is 7.96. The summed E-state index contributed by atoms with van der Waals surface area (Å²) in [7, 11) is 0. The van der Waals surface area contributed by atoms with E-state index in [2.05, 4.69) is 9.88 Å². The number of aryl methyl sites for hydroxylation is 1. The molecule has 1 atom stereocenters. The average molecular weight is 313 g/mol. The Morgan fingerprint density at radius 2 is 2.13 bits per heavy atom. The number of ether oxygens (including phenoxy) is 2. The predicted molar refractivity (Wildman–Crippen MR) is 90.5 cm³/mol. The van der Waals surface area contributed by atoms with Gasteiger partial charge in [-0.25, -0.2) is 0 Å². The number of hydrogen-bond donors (Lipinski definition) is 1. The standard InChI is InChI=1S/C18H23N3O2/c1-14-11-15(19)12-17(20-14)18-13-21(8-10-23-18)7-9-22-16-5-3-2-4-6-16/h2-6,11-12,18H,7-10,13H2,1H3,(H2,19,20)/t18-/m0/s1. The minimum absolute atomic E-state index is 0.0253. The van der Waals surface area contributed by atoms with Crippen molar-refractivity contribution in [3.05, 3.63) is 53.9 Å². The van der Waals surface area contributed by atoms with Crippen LogP contribution in [-0.4, -0.2) is 42.7 Å². The van der Waals surface area contributed by atoms with Gasteiger partial charge >= 0.3 is 0 Å². The number of pyridine rings is 1. The van der Waals surface area contributed by atoms with E-state index in [1.54, 1.807) is 0 Å². The topological polar surface area (TPSA) is 60.6 Å². The fourth-order valence-corrected chi connectivity index (χ4v) is 2.78. The lowest BCUT2D eigenvalue weighted by Gasteiger charge is -2.32. The van der Waals surface area contributed by atoms with Gasteiger partial charge in [0.15, 0.2) is 0 Å². The molecule has 3 rings (SSSR count). The SMILES string of the molecule is Cc1cc(N)cc([C@@H]2CN(CCOc3ccccc3)CCO2)n1. The van der Waals surface area contributed by atoms with E-state index < -0.39 is 0 Å². The molecular formula is C18H23N3O2. The number of benzene rings is 1. The van der Waals surface area contributed by atoms with Crippen molar-refractivity contribution in [2.45, 2.75) is 13.0 Å². The van der Waals surface area contributed by atoms with Gasteiger partial charge in [0.25, 0.3) is 0 Å². The summed E-state index contributed by atoms with van der Waals surface area (Å²) in [6, 6.07) is 13.7. The smallest absolute Gasteiger partial charge is 0.119 e. The highest BCUT2D eigenvalue weighted by atomic mass is 16.5. The van der Waals surface area contributed by atoms with Crippen molar-refractivity contribution >= 4 is 5.69 Å². The molecule has 0 bridgehead atoms. The molecule has 1 aliphatic rings. The Labute approximate surface area is 137 Å². The second kappa shape index (κ2) is 7.44. The summed E-state index contributed by atoms with van der Waals surface area (Å²) < 4.78 is 11.6. The third-order valence-electron chi connectivity index (χ3n) is 3.90. The summed E-state index contributed by atoms with van der Waals surface area (Å²) in [5.74, 6) is 0.908. The molecule has 5 heteroatoms. The first kappa shape index (κ1) is 15.8. The molecule has 0 unspecified atom stereocenters. The fourth-order valence-electron chi connectivity index (χ4n) is 2.78. The number of nitrogens with two attached hydrogens (primary N) is 1. The minimum Gasteiger partial charge on any atom is -0.492 e. The van der Waals surface area contributed by atoms with Gasteiger partial charge in [-0.05, 0) is 31.2 Å². The van der Waals surface area contributed by atoms with E-state index in [9.17, 15) is 0 Å². The summed E-state index contributed by atoms with van der Waals surface area (Å²) in [5, 5.41) is 0. The predicted octanol–water partition coefficient (Wildman–Crippen LogP) is 2.42. The average Bonchev–Trinajstić information content (AvgIpc) is 2.55. The number of anilines is 1. The van der Waals surface area contributed by atoms with Crippen LogP contribution < -0.4 is 10.5 Å². The third kappa shape index (κ3) is 4.43. The van der Waals surface area contributed by atoms with Crippen molar-refractivity contribution in [3.63, 3.8) is 0 Å². The molecule has 0 spiro atoms. The summed E-state index contributed by atoms with van der Waals surface area (Å²) >= 11 is 0. The van der Waals surface area contributed by atoms with E-state index in [1.165, 1.54) is 0 Å². The van der Waals surface area contributed by atoms with Crippen molar-refractivity contribution in [1.29, 1.82) is 0 Å². The normalized spacial score (nSPS) is 18.7. The molecule has 0 aliphatic carbocycles. The van der Waals surface area contributed by atoms with Gasteiger partial charge in [0.1, 0.15) is 18.5 Å². The van der Waals surface area contributed by atoms with Crippen LogP contribution in [0.4, 0.5) is 5.69 Å². The van der Waals surface area contributed by atoms with Crippen LogP contribution in [-0.2, 0) is 4.74 Å². The maximum atomic E-state index is 5.92. The van der Waals surface area contributed by atoms with Crippen LogP contribution in [0.2, 0.25) is 0 Å². The van der Waals surface area contributed by atoms with Gasteiger partial charge in [0.2, 0.25) is 0 Å². The highest BCUT2D eigenvalue weighted by Crippen LogP contribution is 2.22. The Kier molecular flexibility index (Phi) is 5.10. The second-order valence-corrected chi connectivity index (χ2v) is 5.79. The minimum atomic E-state index is -0.0253. The highest BCUT2D eigenvalue weighted by molar-refractivity contribution is 5.40. The lowest BCUT2D eigenvalue weighted by molar-refractivity contribution is -0.0349. The molecule has 2 heterocycles. The Morgan fingerprint density at radius 3 is 2.91 bits per heavy atom. The highest BCUT2D eigenvalue weighted by Gasteiger charge is 2.23. The first-order valence-electron chi connectivity index (χ1n) is 7.96. The molecular weight excluding hydrogens is 290 g/mol. The van der Waals surface area contributed by atoms with E-state index in [0.717, 1.165) is 42.5 Å². The fraction of sp³-hybridized carbons (Fsp3) is 0.389. The maximum Gasteiger partial charge on any atom is 0.119 e. The Balaban J connectivity index is 1.53. The van der Waals surface area contributed by atoms with Crippen molar-refractivity contribution in [2.75, 3.05) is 38.6 Å². The summed E-state index contributed by atoms with van der Waals surface area (Å²) in [6.45, 7) is 5.92. The second-order valence-electron chi connectivity index (χ2n) is 5.79. The van der Waals surface area contributed by atoms with Crippen molar-refractivity contribution in [2.24, 2.45) is 0 Å². The van der Waals surface area contributed by atoms with Gasteiger partial charge in [-0.2, -0.15) is 0 Å².